The summed E-state index contributed by atoms with van der Waals surface area (Å²) in [4.78, 5) is 32.5. The van der Waals surface area contributed by atoms with Crippen LogP contribution in [0.15, 0.2) is 0 Å². The fraction of sp³-hybridized carbons (Fsp3) is 0.833. The van der Waals surface area contributed by atoms with E-state index in [1.165, 1.54) is 0 Å². The lowest BCUT2D eigenvalue weighted by Gasteiger charge is -2.14. The van der Waals surface area contributed by atoms with Gasteiger partial charge < -0.3 is 14.6 Å². The molecule has 1 rings (SSSR count). The molecule has 0 aliphatic carbocycles. The summed E-state index contributed by atoms with van der Waals surface area (Å²) in [6, 6.07) is 0. The molecule has 1 atom stereocenters. The van der Waals surface area contributed by atoms with Crippen LogP contribution in [0, 0.1) is 5.92 Å². The highest BCUT2D eigenvalue weighted by atomic mass is 17.4. The normalized spacial score (nSPS) is 18.0. The van der Waals surface area contributed by atoms with Gasteiger partial charge in [0.1, 0.15) is 12.5 Å². The van der Waals surface area contributed by atoms with Gasteiger partial charge >= 0.3 is 11.8 Å². The zero-order valence-electron chi connectivity index (χ0n) is 11.2. The van der Waals surface area contributed by atoms with Crippen LogP contribution in [0.1, 0.15) is 26.7 Å². The molecule has 0 bridgehead atoms. The van der Waals surface area contributed by atoms with E-state index >= 15 is 0 Å². The van der Waals surface area contributed by atoms with Gasteiger partial charge in [-0.05, 0) is 12.8 Å². The van der Waals surface area contributed by atoms with Crippen LogP contribution in [-0.4, -0.2) is 49.1 Å². The molecule has 1 aliphatic heterocycles. The maximum absolute atomic E-state index is 12.1. The first-order chi connectivity index (χ1) is 9.07. The number of carboxylic acids is 1. The number of Topliss-reactive ketones (excluding diaryl/α,β-unsaturated/α-hetero) is 1. The number of carboxylic acid groups (broad SMARTS) is 1. The lowest BCUT2D eigenvalue weighted by Crippen LogP contribution is -2.41. The van der Waals surface area contributed by atoms with Gasteiger partial charge in [-0.2, -0.15) is 9.78 Å². The Morgan fingerprint density at radius 3 is 2.21 bits per heavy atom. The number of carbonyl (C=O) groups excluding carboxylic acids is 1. The molecule has 19 heavy (non-hydrogen) atoms. The molecule has 0 aromatic heterocycles. The van der Waals surface area contributed by atoms with Crippen LogP contribution in [0.25, 0.3) is 0 Å². The monoisotopic (exact) mass is 276 g/mol. The van der Waals surface area contributed by atoms with E-state index in [1.807, 2.05) is 13.8 Å². The third kappa shape index (κ3) is 4.54. The lowest BCUT2D eigenvalue weighted by atomic mass is 9.99. The van der Waals surface area contributed by atoms with Gasteiger partial charge in [-0.3, -0.25) is 9.59 Å². The Kier molecular flexibility index (Phi) is 6.36. The van der Waals surface area contributed by atoms with Crippen LogP contribution < -0.4 is 0 Å². The number of hydrogen-bond acceptors (Lipinski definition) is 6. The summed E-state index contributed by atoms with van der Waals surface area (Å²) in [6.45, 7) is 4.37. The van der Waals surface area contributed by atoms with Crippen molar-refractivity contribution in [2.75, 3.05) is 26.4 Å². The molecular formula is C12H20O7. The summed E-state index contributed by atoms with van der Waals surface area (Å²) in [5.74, 6) is -4.80. The molecule has 7 heteroatoms. The predicted molar refractivity (Wildman–Crippen MR) is 63.3 cm³/mol. The van der Waals surface area contributed by atoms with Crippen molar-refractivity contribution in [1.82, 2.24) is 0 Å². The van der Waals surface area contributed by atoms with E-state index < -0.39 is 23.5 Å². The van der Waals surface area contributed by atoms with Gasteiger partial charge in [0.05, 0.1) is 6.61 Å². The molecule has 7 nitrogen and oxygen atoms in total. The molecule has 0 aromatic carbocycles. The predicted octanol–water partition coefficient (Wildman–Crippen LogP) is 0.768. The minimum atomic E-state index is -1.56. The molecular weight excluding hydrogens is 256 g/mol. The van der Waals surface area contributed by atoms with Crippen LogP contribution >= 0.6 is 0 Å². The quantitative estimate of drug-likeness (QED) is 0.257. The minimum Gasteiger partial charge on any atom is -0.481 e. The second-order valence-corrected chi connectivity index (χ2v) is 4.30. The van der Waals surface area contributed by atoms with Crippen molar-refractivity contribution in [2.24, 2.45) is 5.92 Å². The van der Waals surface area contributed by atoms with E-state index in [4.69, 9.17) is 14.6 Å². The molecule has 0 aromatic rings. The fourth-order valence-corrected chi connectivity index (χ4v) is 1.47. The molecule has 1 heterocycles. The van der Waals surface area contributed by atoms with Gasteiger partial charge in [-0.1, -0.05) is 13.8 Å². The van der Waals surface area contributed by atoms with Gasteiger partial charge in [0, 0.05) is 13.2 Å². The standard InChI is InChI=1S/C12H20O7/c1-3-5-16-7-9(11(14)15)10(13)12(18-19-12)8-17-6-4-2/h9H,3-8H2,1-2H3,(H,14,15). The van der Waals surface area contributed by atoms with Crippen LogP contribution in [0.5, 0.6) is 0 Å². The van der Waals surface area contributed by atoms with Crippen molar-refractivity contribution in [3.8, 4) is 0 Å². The molecule has 1 saturated heterocycles. The van der Waals surface area contributed by atoms with Crippen molar-refractivity contribution in [3.63, 3.8) is 0 Å². The number of hydrogen-bond donors (Lipinski definition) is 1. The van der Waals surface area contributed by atoms with Crippen molar-refractivity contribution in [3.05, 3.63) is 0 Å². The van der Waals surface area contributed by atoms with Crippen LogP contribution in [-0.2, 0) is 28.8 Å². The zero-order chi connectivity index (χ0) is 14.3. The highest BCUT2D eigenvalue weighted by Crippen LogP contribution is 2.34. The van der Waals surface area contributed by atoms with Crippen molar-refractivity contribution >= 4 is 11.8 Å². The van der Waals surface area contributed by atoms with Crippen LogP contribution in [0.4, 0.5) is 0 Å². The maximum Gasteiger partial charge on any atom is 0.316 e. The zero-order valence-corrected chi connectivity index (χ0v) is 11.2. The second-order valence-electron chi connectivity index (χ2n) is 4.30. The average Bonchev–Trinajstić information content (AvgIpc) is 3.15. The minimum absolute atomic E-state index is 0.1000. The Bertz CT molecular complexity index is 311. The molecule has 1 N–H and O–H groups in total. The summed E-state index contributed by atoms with van der Waals surface area (Å²) in [5, 5.41) is 9.05. The lowest BCUT2D eigenvalue weighted by molar-refractivity contribution is -0.152. The number of ether oxygens (including phenoxy) is 2. The second kappa shape index (κ2) is 7.54. The first-order valence-corrected chi connectivity index (χ1v) is 6.36. The fourth-order valence-electron chi connectivity index (χ4n) is 1.47. The van der Waals surface area contributed by atoms with Crippen molar-refractivity contribution in [1.29, 1.82) is 0 Å². The molecule has 0 saturated carbocycles. The van der Waals surface area contributed by atoms with Crippen molar-refractivity contribution < 1.29 is 33.9 Å². The summed E-state index contributed by atoms with van der Waals surface area (Å²) in [7, 11) is 0. The molecule has 1 fully saturated rings. The Balaban J connectivity index is 2.53. The van der Waals surface area contributed by atoms with Crippen molar-refractivity contribution in [2.45, 2.75) is 32.5 Å². The Hall–Kier alpha value is -1.02. The molecule has 1 aliphatic rings. The third-order valence-electron chi connectivity index (χ3n) is 2.55. The van der Waals surface area contributed by atoms with Gasteiger partial charge in [-0.25, -0.2) is 0 Å². The summed E-state index contributed by atoms with van der Waals surface area (Å²) < 4.78 is 10.3. The van der Waals surface area contributed by atoms with E-state index in [0.717, 1.165) is 12.8 Å². The van der Waals surface area contributed by atoms with Gasteiger partial charge in [0.25, 0.3) is 0 Å². The topological polar surface area (TPSA) is 97.9 Å². The molecule has 0 amide bonds. The summed E-state index contributed by atoms with van der Waals surface area (Å²) in [6.07, 6.45) is 1.53. The average molecular weight is 276 g/mol. The summed E-state index contributed by atoms with van der Waals surface area (Å²) in [5.41, 5.74) is 0. The van der Waals surface area contributed by atoms with E-state index in [1.54, 1.807) is 0 Å². The number of aliphatic carboxylic acids is 1. The summed E-state index contributed by atoms with van der Waals surface area (Å²) >= 11 is 0. The Labute approximate surface area is 111 Å². The molecule has 0 radical (unpaired) electrons. The Morgan fingerprint density at radius 2 is 1.74 bits per heavy atom. The third-order valence-corrected chi connectivity index (χ3v) is 2.55. The SMILES string of the molecule is CCCOCC(C(=O)O)C(=O)C1(COCCC)OO1. The van der Waals surface area contributed by atoms with Gasteiger partial charge in [-0.15, -0.1) is 0 Å². The number of carbonyl (C=O) groups is 2. The highest BCUT2D eigenvalue weighted by molar-refractivity contribution is 6.03. The van der Waals surface area contributed by atoms with Gasteiger partial charge in [0.15, 0.2) is 0 Å². The smallest absolute Gasteiger partial charge is 0.316 e. The largest absolute Gasteiger partial charge is 0.481 e. The van der Waals surface area contributed by atoms with E-state index in [-0.39, 0.29) is 13.2 Å². The van der Waals surface area contributed by atoms with E-state index in [2.05, 4.69) is 9.78 Å². The Morgan fingerprint density at radius 1 is 1.16 bits per heavy atom. The number of rotatable bonds is 11. The first kappa shape index (κ1) is 16.0. The first-order valence-electron chi connectivity index (χ1n) is 6.36. The van der Waals surface area contributed by atoms with Gasteiger partial charge in [0.2, 0.25) is 5.78 Å². The molecule has 110 valence electrons. The van der Waals surface area contributed by atoms with Crippen LogP contribution in [0.3, 0.4) is 0 Å². The number of ketones is 1. The van der Waals surface area contributed by atoms with E-state index in [0.29, 0.717) is 13.2 Å². The highest BCUT2D eigenvalue weighted by Gasteiger charge is 2.60. The molecule has 1 unspecified atom stereocenters. The molecule has 0 spiro atoms. The van der Waals surface area contributed by atoms with E-state index in [9.17, 15) is 9.59 Å². The van der Waals surface area contributed by atoms with Crippen LogP contribution in [0.2, 0.25) is 0 Å². The maximum atomic E-state index is 12.1.